The van der Waals surface area contributed by atoms with E-state index >= 15 is 0 Å². The summed E-state index contributed by atoms with van der Waals surface area (Å²) in [5, 5.41) is 1.23. The summed E-state index contributed by atoms with van der Waals surface area (Å²) in [6.45, 7) is 2.09. The van der Waals surface area contributed by atoms with Crippen LogP contribution in [0.2, 0.25) is 0 Å². The smallest absolute Gasteiger partial charge is 0.176 e. The fraction of sp³-hybridized carbons (Fsp3) is 0.0769. The molecule has 0 saturated heterocycles. The van der Waals surface area contributed by atoms with Crippen LogP contribution in [0.25, 0.3) is 22.4 Å². The van der Waals surface area contributed by atoms with E-state index in [0.717, 1.165) is 17.0 Å². The van der Waals surface area contributed by atoms with Crippen molar-refractivity contribution >= 4 is 10.9 Å². The maximum Gasteiger partial charge on any atom is 0.176 e. The standard InChI is InChI=1S/C13H11N3/c1-9-10-5-2-3-6-11(10)16-12(9)13-14-7-4-8-15-13/h2-8,16H,1H3. The SMILES string of the molecule is Cc1c(-c2ncccn2)[nH]c2ccccc12. The van der Waals surface area contributed by atoms with Gasteiger partial charge in [-0.25, -0.2) is 9.97 Å². The van der Waals surface area contributed by atoms with E-state index in [1.807, 2.05) is 18.2 Å². The molecule has 1 aromatic carbocycles. The van der Waals surface area contributed by atoms with Gasteiger partial charge in [-0.2, -0.15) is 0 Å². The first-order chi connectivity index (χ1) is 7.86. The highest BCUT2D eigenvalue weighted by atomic mass is 14.9. The van der Waals surface area contributed by atoms with Crippen molar-refractivity contribution in [1.82, 2.24) is 15.0 Å². The number of nitrogens with one attached hydrogen (secondary N) is 1. The maximum absolute atomic E-state index is 4.26. The predicted molar refractivity (Wildman–Crippen MR) is 64.1 cm³/mol. The van der Waals surface area contributed by atoms with Gasteiger partial charge in [-0.05, 0) is 24.6 Å². The van der Waals surface area contributed by atoms with Crippen molar-refractivity contribution in [2.45, 2.75) is 6.92 Å². The zero-order valence-electron chi connectivity index (χ0n) is 8.94. The summed E-state index contributed by atoms with van der Waals surface area (Å²) in [6, 6.07) is 10.1. The van der Waals surface area contributed by atoms with E-state index in [-0.39, 0.29) is 0 Å². The maximum atomic E-state index is 4.26. The molecular formula is C13H11N3. The number of nitrogens with zero attached hydrogens (tertiary/aromatic N) is 2. The molecule has 0 unspecified atom stereocenters. The van der Waals surface area contributed by atoms with E-state index in [1.54, 1.807) is 12.4 Å². The number of rotatable bonds is 1. The topological polar surface area (TPSA) is 41.6 Å². The molecule has 0 aliphatic heterocycles. The summed E-state index contributed by atoms with van der Waals surface area (Å²) >= 11 is 0. The van der Waals surface area contributed by atoms with Crippen LogP contribution in [0.3, 0.4) is 0 Å². The van der Waals surface area contributed by atoms with Crippen molar-refractivity contribution in [3.8, 4) is 11.5 Å². The molecule has 2 aromatic heterocycles. The molecule has 3 rings (SSSR count). The fourth-order valence-corrected chi connectivity index (χ4v) is 1.93. The first-order valence-electron chi connectivity index (χ1n) is 5.21. The summed E-state index contributed by atoms with van der Waals surface area (Å²) in [6.07, 6.45) is 3.51. The van der Waals surface area contributed by atoms with Crippen LogP contribution in [-0.2, 0) is 0 Å². The third-order valence-electron chi connectivity index (χ3n) is 2.76. The summed E-state index contributed by atoms with van der Waals surface area (Å²) in [5.74, 6) is 0.746. The molecule has 0 radical (unpaired) electrons. The van der Waals surface area contributed by atoms with Crippen molar-refractivity contribution in [2.24, 2.45) is 0 Å². The molecule has 0 aliphatic rings. The zero-order valence-corrected chi connectivity index (χ0v) is 8.94. The Bertz CT molecular complexity index is 626. The van der Waals surface area contributed by atoms with Crippen LogP contribution in [-0.4, -0.2) is 15.0 Å². The average Bonchev–Trinajstić information content (AvgIpc) is 2.69. The third kappa shape index (κ3) is 1.29. The molecule has 16 heavy (non-hydrogen) atoms. The number of H-pyrrole nitrogens is 1. The number of hydrogen-bond donors (Lipinski definition) is 1. The molecule has 0 spiro atoms. The molecule has 1 N–H and O–H groups in total. The van der Waals surface area contributed by atoms with Gasteiger partial charge < -0.3 is 4.98 Å². The van der Waals surface area contributed by atoms with Gasteiger partial charge in [0.05, 0.1) is 5.69 Å². The first-order valence-corrected chi connectivity index (χ1v) is 5.21. The molecular weight excluding hydrogens is 198 g/mol. The van der Waals surface area contributed by atoms with Crippen molar-refractivity contribution < 1.29 is 0 Å². The summed E-state index contributed by atoms with van der Waals surface area (Å²) < 4.78 is 0. The summed E-state index contributed by atoms with van der Waals surface area (Å²) in [5.41, 5.74) is 3.33. The van der Waals surface area contributed by atoms with E-state index in [0.29, 0.717) is 0 Å². The normalized spacial score (nSPS) is 10.8. The Kier molecular flexibility index (Phi) is 1.96. The van der Waals surface area contributed by atoms with Gasteiger partial charge in [0, 0.05) is 23.3 Å². The minimum absolute atomic E-state index is 0.746. The number of hydrogen-bond acceptors (Lipinski definition) is 2. The van der Waals surface area contributed by atoms with Crippen molar-refractivity contribution in [3.63, 3.8) is 0 Å². The highest BCUT2D eigenvalue weighted by molar-refractivity contribution is 5.89. The summed E-state index contributed by atoms with van der Waals surface area (Å²) in [7, 11) is 0. The second-order valence-corrected chi connectivity index (χ2v) is 3.74. The molecule has 3 heteroatoms. The second kappa shape index (κ2) is 3.45. The number of para-hydroxylation sites is 1. The van der Waals surface area contributed by atoms with Gasteiger partial charge in [0.25, 0.3) is 0 Å². The Morgan fingerprint density at radius 2 is 1.75 bits per heavy atom. The van der Waals surface area contributed by atoms with E-state index in [4.69, 9.17) is 0 Å². The van der Waals surface area contributed by atoms with E-state index in [2.05, 4.69) is 34.0 Å². The van der Waals surface area contributed by atoms with Crippen molar-refractivity contribution in [2.75, 3.05) is 0 Å². The van der Waals surface area contributed by atoms with Crippen LogP contribution in [0, 0.1) is 6.92 Å². The van der Waals surface area contributed by atoms with Crippen molar-refractivity contribution in [3.05, 3.63) is 48.3 Å². The minimum Gasteiger partial charge on any atom is -0.352 e. The second-order valence-electron chi connectivity index (χ2n) is 3.74. The van der Waals surface area contributed by atoms with Gasteiger partial charge in [0.1, 0.15) is 0 Å². The largest absolute Gasteiger partial charge is 0.352 e. The first kappa shape index (κ1) is 9.09. The number of aromatic amines is 1. The molecule has 0 amide bonds. The van der Waals surface area contributed by atoms with Crippen LogP contribution >= 0.6 is 0 Å². The van der Waals surface area contributed by atoms with Gasteiger partial charge in [0.2, 0.25) is 0 Å². The molecule has 2 heterocycles. The van der Waals surface area contributed by atoms with Gasteiger partial charge >= 0.3 is 0 Å². The van der Waals surface area contributed by atoms with Gasteiger partial charge in [0.15, 0.2) is 5.82 Å². The molecule has 0 fully saturated rings. The lowest BCUT2D eigenvalue weighted by Crippen LogP contribution is -1.88. The van der Waals surface area contributed by atoms with Crippen LogP contribution in [0.1, 0.15) is 5.56 Å². The van der Waals surface area contributed by atoms with E-state index < -0.39 is 0 Å². The van der Waals surface area contributed by atoms with E-state index in [9.17, 15) is 0 Å². The Morgan fingerprint density at radius 1 is 1.00 bits per heavy atom. The molecule has 3 aromatic rings. The zero-order chi connectivity index (χ0) is 11.0. The quantitative estimate of drug-likeness (QED) is 0.669. The monoisotopic (exact) mass is 209 g/mol. The number of benzene rings is 1. The number of fused-ring (bicyclic) bond motifs is 1. The minimum atomic E-state index is 0.746. The molecule has 0 bridgehead atoms. The lowest BCUT2D eigenvalue weighted by Gasteiger charge is -1.96. The van der Waals surface area contributed by atoms with E-state index in [1.165, 1.54) is 10.9 Å². The average molecular weight is 209 g/mol. The van der Waals surface area contributed by atoms with Crippen LogP contribution in [0.15, 0.2) is 42.7 Å². The molecule has 0 saturated carbocycles. The Morgan fingerprint density at radius 3 is 2.50 bits per heavy atom. The highest BCUT2D eigenvalue weighted by Gasteiger charge is 2.10. The Labute approximate surface area is 93.2 Å². The molecule has 0 aliphatic carbocycles. The van der Waals surface area contributed by atoms with Crippen LogP contribution < -0.4 is 0 Å². The molecule has 0 atom stereocenters. The van der Waals surface area contributed by atoms with Crippen LogP contribution in [0.4, 0.5) is 0 Å². The lowest BCUT2D eigenvalue weighted by molar-refractivity contribution is 1.15. The number of aryl methyl sites for hydroxylation is 1. The highest BCUT2D eigenvalue weighted by Crippen LogP contribution is 2.26. The van der Waals surface area contributed by atoms with Gasteiger partial charge in [-0.15, -0.1) is 0 Å². The van der Waals surface area contributed by atoms with Gasteiger partial charge in [-0.1, -0.05) is 18.2 Å². The molecule has 3 nitrogen and oxygen atoms in total. The molecule has 78 valence electrons. The van der Waals surface area contributed by atoms with Gasteiger partial charge in [-0.3, -0.25) is 0 Å². The Hall–Kier alpha value is -2.16. The van der Waals surface area contributed by atoms with Crippen LogP contribution in [0.5, 0.6) is 0 Å². The lowest BCUT2D eigenvalue weighted by atomic mass is 10.1. The van der Waals surface area contributed by atoms with Crippen molar-refractivity contribution in [1.29, 1.82) is 0 Å². The number of aromatic nitrogens is 3. The third-order valence-corrected chi connectivity index (χ3v) is 2.76. The fourth-order valence-electron chi connectivity index (χ4n) is 1.93. The Balaban J connectivity index is 2.29. The predicted octanol–water partition coefficient (Wildman–Crippen LogP) is 2.93. The summed E-state index contributed by atoms with van der Waals surface area (Å²) in [4.78, 5) is 11.9.